The molecule has 0 aliphatic rings. The highest BCUT2D eigenvalue weighted by Crippen LogP contribution is 2.36. The van der Waals surface area contributed by atoms with Crippen LogP contribution in [0.3, 0.4) is 0 Å². The normalized spacial score (nSPS) is 12.0. The van der Waals surface area contributed by atoms with Crippen molar-refractivity contribution in [3.8, 4) is 0 Å². The second-order valence-electron chi connectivity index (χ2n) is 6.62. The molecular weight excluding hydrogens is 481 g/mol. The van der Waals surface area contributed by atoms with Gasteiger partial charge in [0.15, 0.2) is 0 Å². The van der Waals surface area contributed by atoms with Gasteiger partial charge in [-0.15, -0.1) is 11.3 Å². The van der Waals surface area contributed by atoms with Gasteiger partial charge >= 0.3 is 12.1 Å². The van der Waals surface area contributed by atoms with Gasteiger partial charge in [0.05, 0.1) is 15.5 Å². The highest BCUT2D eigenvalue weighted by atomic mass is 35.5. The van der Waals surface area contributed by atoms with Crippen LogP contribution in [0, 0.1) is 0 Å². The molecule has 2 amide bonds. The summed E-state index contributed by atoms with van der Waals surface area (Å²) in [4.78, 5) is 37.5. The van der Waals surface area contributed by atoms with Crippen LogP contribution in [-0.4, -0.2) is 24.3 Å². The number of thiophene rings is 1. The van der Waals surface area contributed by atoms with Crippen molar-refractivity contribution < 1.29 is 32.3 Å². The summed E-state index contributed by atoms with van der Waals surface area (Å²) in [7, 11) is 0. The quantitative estimate of drug-likeness (QED) is 0.447. The van der Waals surface area contributed by atoms with Crippen LogP contribution < -0.4 is 10.6 Å². The van der Waals surface area contributed by atoms with Crippen molar-refractivity contribution in [2.45, 2.75) is 12.3 Å². The number of esters is 1. The Bertz CT molecular complexity index is 1140. The Morgan fingerprint density at radius 1 is 1.03 bits per heavy atom. The van der Waals surface area contributed by atoms with Crippen LogP contribution >= 0.6 is 22.9 Å². The molecule has 0 radical (unpaired) electrons. The zero-order valence-electron chi connectivity index (χ0n) is 16.7. The van der Waals surface area contributed by atoms with E-state index in [4.69, 9.17) is 16.3 Å². The Balaban J connectivity index is 1.74. The average molecular weight is 497 g/mol. The van der Waals surface area contributed by atoms with Gasteiger partial charge in [-0.2, -0.15) is 13.2 Å². The van der Waals surface area contributed by atoms with Crippen molar-refractivity contribution in [1.82, 2.24) is 5.32 Å². The maximum absolute atomic E-state index is 13.1. The molecule has 1 unspecified atom stereocenters. The Labute approximate surface area is 195 Å². The topological polar surface area (TPSA) is 84.5 Å². The fourth-order valence-corrected chi connectivity index (χ4v) is 3.61. The number of amides is 2. The number of halogens is 4. The molecule has 0 spiro atoms. The first-order valence-electron chi connectivity index (χ1n) is 9.39. The van der Waals surface area contributed by atoms with Crippen molar-refractivity contribution in [3.05, 3.63) is 87.1 Å². The van der Waals surface area contributed by atoms with E-state index >= 15 is 0 Å². The number of carbonyl (C=O) groups excluding carboxylic acids is 3. The van der Waals surface area contributed by atoms with Crippen LogP contribution in [0.5, 0.6) is 0 Å². The van der Waals surface area contributed by atoms with Crippen molar-refractivity contribution in [2.24, 2.45) is 0 Å². The second kappa shape index (κ2) is 10.5. The molecular formula is C22H16ClF3N2O4S. The van der Waals surface area contributed by atoms with Gasteiger partial charge in [-0.05, 0) is 29.6 Å². The lowest BCUT2D eigenvalue weighted by molar-refractivity contribution is -0.153. The van der Waals surface area contributed by atoms with E-state index in [1.165, 1.54) is 29.5 Å². The molecule has 1 heterocycles. The highest BCUT2D eigenvalue weighted by molar-refractivity contribution is 7.12. The molecule has 3 aromatic rings. The maximum Gasteiger partial charge on any atom is 0.417 e. The first kappa shape index (κ1) is 24.3. The summed E-state index contributed by atoms with van der Waals surface area (Å²) >= 11 is 6.79. The number of hydrogen-bond acceptors (Lipinski definition) is 5. The smallest absolute Gasteiger partial charge is 0.417 e. The number of carbonyl (C=O) groups is 3. The summed E-state index contributed by atoms with van der Waals surface area (Å²) in [5.74, 6) is -2.27. The largest absolute Gasteiger partial charge is 0.446 e. The summed E-state index contributed by atoms with van der Waals surface area (Å²) in [5.41, 5.74) is -1.01. The van der Waals surface area contributed by atoms with E-state index in [0.717, 1.165) is 6.07 Å². The van der Waals surface area contributed by atoms with E-state index in [9.17, 15) is 27.6 Å². The van der Waals surface area contributed by atoms with Crippen LogP contribution in [0.15, 0.2) is 66.0 Å². The Morgan fingerprint density at radius 3 is 2.39 bits per heavy atom. The molecule has 172 valence electrons. The Hall–Kier alpha value is -3.37. The van der Waals surface area contributed by atoms with Gasteiger partial charge in [-0.3, -0.25) is 14.4 Å². The van der Waals surface area contributed by atoms with E-state index in [1.54, 1.807) is 35.7 Å². The lowest BCUT2D eigenvalue weighted by atomic mass is 10.1. The van der Waals surface area contributed by atoms with Crippen LogP contribution in [0.4, 0.5) is 18.9 Å². The van der Waals surface area contributed by atoms with Crippen LogP contribution in [0.1, 0.15) is 26.9 Å². The van der Waals surface area contributed by atoms with Crippen LogP contribution in [-0.2, 0) is 20.5 Å². The molecule has 3 rings (SSSR count). The zero-order valence-corrected chi connectivity index (χ0v) is 18.3. The Morgan fingerprint density at radius 2 is 1.76 bits per heavy atom. The summed E-state index contributed by atoms with van der Waals surface area (Å²) in [6.45, 7) is -0.507. The third-order valence-electron chi connectivity index (χ3n) is 4.27. The zero-order chi connectivity index (χ0) is 24.0. The number of benzene rings is 2. The molecule has 0 fully saturated rings. The van der Waals surface area contributed by atoms with Gasteiger partial charge in [0.25, 0.3) is 11.8 Å². The van der Waals surface area contributed by atoms with Gasteiger partial charge in [0.1, 0.15) is 6.54 Å². The summed E-state index contributed by atoms with van der Waals surface area (Å²) in [6.07, 6.45) is -6.19. The van der Waals surface area contributed by atoms with Gasteiger partial charge in [0.2, 0.25) is 6.10 Å². The van der Waals surface area contributed by atoms with Gasteiger partial charge < -0.3 is 15.4 Å². The molecule has 1 atom stereocenters. The highest BCUT2D eigenvalue weighted by Gasteiger charge is 2.34. The Kier molecular flexibility index (Phi) is 7.72. The average Bonchev–Trinajstić information content (AvgIpc) is 3.32. The summed E-state index contributed by atoms with van der Waals surface area (Å²) < 4.78 is 44.6. The van der Waals surface area contributed by atoms with Crippen LogP contribution in [0.2, 0.25) is 5.02 Å². The first-order chi connectivity index (χ1) is 15.6. The minimum absolute atomic E-state index is 0.181. The van der Waals surface area contributed by atoms with Gasteiger partial charge in [-0.1, -0.05) is 48.0 Å². The van der Waals surface area contributed by atoms with Gasteiger partial charge in [0, 0.05) is 11.3 Å². The molecule has 2 aromatic carbocycles. The van der Waals surface area contributed by atoms with E-state index in [-0.39, 0.29) is 11.3 Å². The van der Waals surface area contributed by atoms with Crippen molar-refractivity contribution in [1.29, 1.82) is 0 Å². The first-order valence-corrected chi connectivity index (χ1v) is 10.6. The molecule has 0 aliphatic carbocycles. The van der Waals surface area contributed by atoms with Crippen molar-refractivity contribution >= 4 is 46.4 Å². The second-order valence-corrected chi connectivity index (χ2v) is 7.98. The van der Waals surface area contributed by atoms with Crippen molar-refractivity contribution in [2.75, 3.05) is 11.9 Å². The van der Waals surface area contributed by atoms with Crippen molar-refractivity contribution in [3.63, 3.8) is 0 Å². The molecule has 0 bridgehead atoms. The SMILES string of the molecule is O=C(CNC(=O)c1cccs1)OC(C(=O)Nc1ccc(Cl)c(C(F)(F)F)c1)c1ccccc1. The molecule has 33 heavy (non-hydrogen) atoms. The number of ether oxygens (including phenoxy) is 1. The number of nitrogens with one attached hydrogen (secondary N) is 2. The lowest BCUT2D eigenvalue weighted by Gasteiger charge is -2.19. The molecule has 11 heteroatoms. The summed E-state index contributed by atoms with van der Waals surface area (Å²) in [6, 6.07) is 14.1. The fourth-order valence-electron chi connectivity index (χ4n) is 2.75. The number of hydrogen-bond donors (Lipinski definition) is 2. The van der Waals surface area contributed by atoms with Gasteiger partial charge in [-0.25, -0.2) is 0 Å². The number of rotatable bonds is 7. The number of alkyl halides is 3. The molecule has 0 saturated heterocycles. The van der Waals surface area contributed by atoms with E-state index in [0.29, 0.717) is 10.9 Å². The molecule has 1 aromatic heterocycles. The minimum Gasteiger partial charge on any atom is -0.446 e. The maximum atomic E-state index is 13.1. The van der Waals surface area contributed by atoms with E-state index in [2.05, 4.69) is 10.6 Å². The predicted octanol–water partition coefficient (Wildman–Crippen LogP) is 5.07. The monoisotopic (exact) mass is 496 g/mol. The van der Waals surface area contributed by atoms with E-state index < -0.39 is 47.2 Å². The predicted molar refractivity (Wildman–Crippen MR) is 117 cm³/mol. The molecule has 6 nitrogen and oxygen atoms in total. The molecule has 0 aliphatic heterocycles. The number of anilines is 1. The molecule has 2 N–H and O–H groups in total. The third kappa shape index (κ3) is 6.56. The third-order valence-corrected chi connectivity index (χ3v) is 5.47. The van der Waals surface area contributed by atoms with E-state index in [1.807, 2.05) is 0 Å². The molecule has 0 saturated carbocycles. The standard InChI is InChI=1S/C22H16ClF3N2O4S/c23-16-9-8-14(11-15(16)22(24,25)26)28-21(31)19(13-5-2-1-3-6-13)32-18(29)12-27-20(30)17-7-4-10-33-17/h1-11,19H,12H2,(H,27,30)(H,28,31). The minimum atomic E-state index is -4.72. The van der Waals surface area contributed by atoms with Crippen LogP contribution in [0.25, 0.3) is 0 Å². The summed E-state index contributed by atoms with van der Waals surface area (Å²) in [5, 5.41) is 5.88. The fraction of sp³-hybridized carbons (Fsp3) is 0.136. The lowest BCUT2D eigenvalue weighted by Crippen LogP contribution is -2.33.